The Bertz CT molecular complexity index is 357. The lowest BCUT2D eigenvalue weighted by atomic mass is 10.5. The quantitative estimate of drug-likeness (QED) is 0.728. The first-order valence-corrected chi connectivity index (χ1v) is 4.90. The molecule has 0 bridgehead atoms. The minimum atomic E-state index is -0.410. The summed E-state index contributed by atoms with van der Waals surface area (Å²) in [4.78, 5) is 14.6. The normalized spacial score (nSPS) is 8.81. The van der Waals surface area contributed by atoms with Crippen LogP contribution in [-0.4, -0.2) is 17.6 Å². The Morgan fingerprint density at radius 1 is 1.31 bits per heavy atom. The van der Waals surface area contributed by atoms with Gasteiger partial charge < -0.3 is 9.15 Å². The maximum Gasteiger partial charge on any atom is 0.374 e. The van der Waals surface area contributed by atoms with Gasteiger partial charge in [0, 0.05) is 12.4 Å². The highest BCUT2D eigenvalue weighted by Crippen LogP contribution is 2.01. The molecule has 0 atom stereocenters. The van der Waals surface area contributed by atoms with Crippen LogP contribution in [-0.2, 0) is 4.74 Å². The molecule has 2 aromatic heterocycles. The van der Waals surface area contributed by atoms with Gasteiger partial charge in [0.15, 0.2) is 0 Å². The van der Waals surface area contributed by atoms with Crippen LogP contribution < -0.4 is 0 Å². The van der Waals surface area contributed by atoms with Gasteiger partial charge in [-0.25, -0.2) is 4.79 Å². The minimum absolute atomic E-state index is 0.252. The third-order valence-electron chi connectivity index (χ3n) is 1.56. The van der Waals surface area contributed by atoms with Crippen LogP contribution in [0.25, 0.3) is 0 Å². The molecule has 0 saturated heterocycles. The van der Waals surface area contributed by atoms with Crippen molar-refractivity contribution in [3.63, 3.8) is 0 Å². The van der Waals surface area contributed by atoms with Crippen LogP contribution in [0.15, 0.2) is 53.4 Å². The van der Waals surface area contributed by atoms with Crippen molar-refractivity contribution in [2.45, 2.75) is 6.92 Å². The number of hydrogen-bond donors (Lipinski definition) is 0. The molecule has 0 aliphatic heterocycles. The fourth-order valence-corrected chi connectivity index (χ4v) is 0.910. The summed E-state index contributed by atoms with van der Waals surface area (Å²) in [7, 11) is 0. The zero-order chi connectivity index (χ0) is 11.6. The molecule has 0 radical (unpaired) electrons. The third kappa shape index (κ3) is 4.41. The monoisotopic (exact) mass is 219 g/mol. The number of ether oxygens (including phenoxy) is 1. The second kappa shape index (κ2) is 7.23. The van der Waals surface area contributed by atoms with Gasteiger partial charge >= 0.3 is 5.97 Å². The van der Waals surface area contributed by atoms with Crippen molar-refractivity contribution in [3.05, 3.63) is 54.7 Å². The van der Waals surface area contributed by atoms with Crippen LogP contribution in [0.2, 0.25) is 0 Å². The summed E-state index contributed by atoms with van der Waals surface area (Å²) < 4.78 is 9.43. The number of furan rings is 1. The molecule has 84 valence electrons. The molecule has 2 heterocycles. The van der Waals surface area contributed by atoms with E-state index in [2.05, 4.69) is 9.72 Å². The molecule has 0 amide bonds. The van der Waals surface area contributed by atoms with Gasteiger partial charge in [-0.3, -0.25) is 4.98 Å². The van der Waals surface area contributed by atoms with E-state index >= 15 is 0 Å². The first-order chi connectivity index (χ1) is 7.84. The van der Waals surface area contributed by atoms with Crippen molar-refractivity contribution in [3.8, 4) is 0 Å². The number of aromatic nitrogens is 1. The van der Waals surface area contributed by atoms with Gasteiger partial charge in [-0.15, -0.1) is 0 Å². The molecule has 16 heavy (non-hydrogen) atoms. The molecule has 0 saturated carbocycles. The van der Waals surface area contributed by atoms with E-state index in [9.17, 15) is 4.79 Å². The lowest BCUT2D eigenvalue weighted by molar-refractivity contribution is 0.0490. The van der Waals surface area contributed by atoms with Gasteiger partial charge in [-0.05, 0) is 31.2 Å². The standard InChI is InChI=1S/C7H8O3.C5H5N/c1-2-9-7(8)6-4-3-5-10-6;1-2-4-6-5-3-1/h3-5H,2H2,1H3;1-5H. The molecule has 4 nitrogen and oxygen atoms in total. The topological polar surface area (TPSA) is 52.3 Å². The van der Waals surface area contributed by atoms with Crippen molar-refractivity contribution >= 4 is 5.97 Å². The van der Waals surface area contributed by atoms with Crippen LogP contribution in [0.4, 0.5) is 0 Å². The van der Waals surface area contributed by atoms with E-state index in [4.69, 9.17) is 4.42 Å². The lowest BCUT2D eigenvalue weighted by Gasteiger charge is -1.95. The highest BCUT2D eigenvalue weighted by Gasteiger charge is 2.07. The van der Waals surface area contributed by atoms with Crippen molar-refractivity contribution in [1.82, 2.24) is 4.98 Å². The minimum Gasteiger partial charge on any atom is -0.460 e. The molecule has 0 spiro atoms. The smallest absolute Gasteiger partial charge is 0.374 e. The Balaban J connectivity index is 0.000000181. The highest BCUT2D eigenvalue weighted by atomic mass is 16.5. The van der Waals surface area contributed by atoms with E-state index in [-0.39, 0.29) is 5.76 Å². The Morgan fingerprint density at radius 3 is 2.44 bits per heavy atom. The molecule has 2 aromatic rings. The Morgan fingerprint density at radius 2 is 2.06 bits per heavy atom. The number of rotatable bonds is 2. The average Bonchev–Trinajstić information content (AvgIpc) is 2.86. The lowest BCUT2D eigenvalue weighted by Crippen LogP contribution is -2.02. The molecule has 0 aromatic carbocycles. The Labute approximate surface area is 93.9 Å². The van der Waals surface area contributed by atoms with Gasteiger partial charge in [0.05, 0.1) is 12.9 Å². The van der Waals surface area contributed by atoms with Crippen LogP contribution in [0.1, 0.15) is 17.5 Å². The molecule has 0 unspecified atom stereocenters. The summed E-state index contributed by atoms with van der Waals surface area (Å²) in [6, 6.07) is 8.93. The van der Waals surface area contributed by atoms with E-state index in [0.717, 1.165) is 0 Å². The van der Waals surface area contributed by atoms with Crippen LogP contribution >= 0.6 is 0 Å². The van der Waals surface area contributed by atoms with Gasteiger partial charge in [0.25, 0.3) is 0 Å². The van der Waals surface area contributed by atoms with E-state index in [0.29, 0.717) is 6.61 Å². The fourth-order valence-electron chi connectivity index (χ4n) is 0.910. The summed E-state index contributed by atoms with van der Waals surface area (Å²) in [6.07, 6.45) is 4.94. The largest absolute Gasteiger partial charge is 0.460 e. The average molecular weight is 219 g/mol. The third-order valence-corrected chi connectivity index (χ3v) is 1.56. The molecule has 0 aliphatic rings. The summed E-state index contributed by atoms with van der Waals surface area (Å²) in [6.45, 7) is 2.13. The van der Waals surface area contributed by atoms with Crippen LogP contribution in [0, 0.1) is 0 Å². The second-order valence-electron chi connectivity index (χ2n) is 2.72. The van der Waals surface area contributed by atoms with Crippen molar-refractivity contribution in [2.24, 2.45) is 0 Å². The Hall–Kier alpha value is -2.10. The highest BCUT2D eigenvalue weighted by molar-refractivity contribution is 5.86. The fraction of sp³-hybridized carbons (Fsp3) is 0.167. The predicted molar refractivity (Wildman–Crippen MR) is 58.9 cm³/mol. The predicted octanol–water partition coefficient (Wildman–Crippen LogP) is 2.54. The second-order valence-corrected chi connectivity index (χ2v) is 2.72. The zero-order valence-electron chi connectivity index (χ0n) is 9.00. The van der Waals surface area contributed by atoms with Crippen molar-refractivity contribution in [1.29, 1.82) is 0 Å². The Kier molecular flexibility index (Phi) is 5.41. The van der Waals surface area contributed by atoms with E-state index < -0.39 is 5.97 Å². The first-order valence-electron chi connectivity index (χ1n) is 4.90. The maximum atomic E-state index is 10.8. The summed E-state index contributed by atoms with van der Waals surface area (Å²) >= 11 is 0. The SMILES string of the molecule is CCOC(=O)c1ccco1.c1ccncc1. The van der Waals surface area contributed by atoms with Crippen LogP contribution in [0.3, 0.4) is 0 Å². The maximum absolute atomic E-state index is 10.8. The molecule has 4 heteroatoms. The summed E-state index contributed by atoms with van der Waals surface area (Å²) in [5.41, 5.74) is 0. The summed E-state index contributed by atoms with van der Waals surface area (Å²) in [5, 5.41) is 0. The van der Waals surface area contributed by atoms with E-state index in [1.54, 1.807) is 31.5 Å². The number of carbonyl (C=O) groups excluding carboxylic acids is 1. The van der Waals surface area contributed by atoms with Gasteiger partial charge in [0.1, 0.15) is 0 Å². The number of pyridine rings is 1. The summed E-state index contributed by atoms with van der Waals surface area (Å²) in [5.74, 6) is -0.158. The molecular formula is C12H13NO3. The first kappa shape index (κ1) is 12.0. The molecule has 0 fully saturated rings. The van der Waals surface area contributed by atoms with Crippen molar-refractivity contribution in [2.75, 3.05) is 6.61 Å². The number of esters is 1. The molecular weight excluding hydrogens is 206 g/mol. The molecule has 0 aliphatic carbocycles. The zero-order valence-corrected chi connectivity index (χ0v) is 9.00. The molecule has 0 N–H and O–H groups in total. The van der Waals surface area contributed by atoms with Crippen molar-refractivity contribution < 1.29 is 13.9 Å². The van der Waals surface area contributed by atoms with E-state index in [1.807, 2.05) is 18.2 Å². The van der Waals surface area contributed by atoms with Crippen LogP contribution in [0.5, 0.6) is 0 Å². The van der Waals surface area contributed by atoms with Gasteiger partial charge in [-0.2, -0.15) is 0 Å². The van der Waals surface area contributed by atoms with Gasteiger partial charge in [-0.1, -0.05) is 6.07 Å². The molecule has 2 rings (SSSR count). The van der Waals surface area contributed by atoms with E-state index in [1.165, 1.54) is 6.26 Å². The number of nitrogens with zero attached hydrogens (tertiary/aromatic N) is 1. The number of hydrogen-bond acceptors (Lipinski definition) is 4. The van der Waals surface area contributed by atoms with Gasteiger partial charge in [0.2, 0.25) is 5.76 Å². The number of carbonyl (C=O) groups is 1.